The van der Waals surface area contributed by atoms with Crippen LogP contribution in [0.4, 0.5) is 11.4 Å². The molecule has 0 radical (unpaired) electrons. The smallest absolute Gasteiger partial charge is 0.0505 e. The van der Waals surface area contributed by atoms with Crippen LogP contribution in [0.25, 0.3) is 21.5 Å². The summed E-state index contributed by atoms with van der Waals surface area (Å²) in [5, 5.41) is 15.8. The molecule has 0 saturated heterocycles. The fourth-order valence-electron chi connectivity index (χ4n) is 3.54. The van der Waals surface area contributed by atoms with Gasteiger partial charge in [-0.25, -0.2) is 0 Å². The molecule has 3 N–H and O–H groups in total. The van der Waals surface area contributed by atoms with Crippen molar-refractivity contribution >= 4 is 57.1 Å². The van der Waals surface area contributed by atoms with Gasteiger partial charge in [0.2, 0.25) is 0 Å². The number of hydrogen-bond acceptors (Lipinski definition) is 4. The number of anilines is 2. The zero-order chi connectivity index (χ0) is 20.1. The van der Waals surface area contributed by atoms with E-state index in [2.05, 4.69) is 64.5 Å². The fraction of sp³-hybridized carbons (Fsp3) is 0.167. The van der Waals surface area contributed by atoms with E-state index in [1.54, 1.807) is 0 Å². The molecule has 0 bridgehead atoms. The second kappa shape index (κ2) is 9.40. The average molecular weight is 422 g/mol. The van der Waals surface area contributed by atoms with Gasteiger partial charge in [0.15, 0.2) is 0 Å². The third kappa shape index (κ3) is 4.61. The summed E-state index contributed by atoms with van der Waals surface area (Å²) < 4.78 is 0. The first-order chi connectivity index (χ1) is 14.2. The quantitative estimate of drug-likeness (QED) is 0.206. The fourth-order valence-corrected chi connectivity index (χ4v) is 4.18. The number of halogens is 1. The maximum atomic E-state index is 6.38. The van der Waals surface area contributed by atoms with E-state index < -0.39 is 0 Å². The Morgan fingerprint density at radius 2 is 1.34 bits per heavy atom. The first kappa shape index (κ1) is 19.9. The van der Waals surface area contributed by atoms with Crippen LogP contribution in [0, 0.1) is 0 Å². The van der Waals surface area contributed by atoms with E-state index in [0.29, 0.717) is 0 Å². The third-order valence-corrected chi connectivity index (χ3v) is 5.79. The lowest BCUT2D eigenvalue weighted by molar-refractivity contribution is 0.719. The molecule has 0 aliphatic heterocycles. The molecular weight excluding hydrogens is 398 g/mol. The minimum Gasteiger partial charge on any atom is -0.383 e. The summed E-state index contributed by atoms with van der Waals surface area (Å²) in [7, 11) is 0. The molecule has 0 amide bonds. The Hall–Kier alpha value is -2.40. The maximum Gasteiger partial charge on any atom is 0.0505 e. The van der Waals surface area contributed by atoms with Crippen molar-refractivity contribution in [3.63, 3.8) is 0 Å². The van der Waals surface area contributed by atoms with Gasteiger partial charge in [0, 0.05) is 47.8 Å². The van der Waals surface area contributed by atoms with Gasteiger partial charge >= 0.3 is 0 Å². The minimum absolute atomic E-state index is 0.778. The van der Waals surface area contributed by atoms with Crippen molar-refractivity contribution in [2.45, 2.75) is 4.90 Å². The van der Waals surface area contributed by atoms with E-state index in [1.165, 1.54) is 10.8 Å². The highest BCUT2D eigenvalue weighted by Gasteiger charge is 2.05. The van der Waals surface area contributed by atoms with Gasteiger partial charge < -0.3 is 16.0 Å². The van der Waals surface area contributed by atoms with Gasteiger partial charge in [0.05, 0.1) is 5.02 Å². The number of hydrogen-bond donors (Lipinski definition) is 4. The summed E-state index contributed by atoms with van der Waals surface area (Å²) in [6, 6.07) is 24.7. The summed E-state index contributed by atoms with van der Waals surface area (Å²) in [5.41, 5.74) is 2.14. The number of benzene rings is 4. The van der Waals surface area contributed by atoms with Crippen molar-refractivity contribution in [3.05, 3.63) is 77.8 Å². The van der Waals surface area contributed by atoms with Crippen LogP contribution in [0.1, 0.15) is 0 Å². The Bertz CT molecular complexity index is 1120. The first-order valence-electron chi connectivity index (χ1n) is 9.80. The predicted octanol–water partition coefficient (Wildman–Crippen LogP) is 6.05. The summed E-state index contributed by atoms with van der Waals surface area (Å²) in [6.45, 7) is 3.41. The Morgan fingerprint density at radius 3 is 2.17 bits per heavy atom. The van der Waals surface area contributed by atoms with Gasteiger partial charge in [-0.1, -0.05) is 66.2 Å². The normalized spacial score (nSPS) is 11.1. The monoisotopic (exact) mass is 421 g/mol. The molecule has 4 aromatic carbocycles. The topological polar surface area (TPSA) is 36.1 Å². The van der Waals surface area contributed by atoms with Crippen LogP contribution in [0.5, 0.6) is 0 Å². The highest BCUT2D eigenvalue weighted by molar-refractivity contribution is 7.80. The lowest BCUT2D eigenvalue weighted by atomic mass is 10.1. The van der Waals surface area contributed by atoms with Crippen molar-refractivity contribution in [1.82, 2.24) is 5.32 Å². The van der Waals surface area contributed by atoms with Crippen molar-refractivity contribution < 1.29 is 0 Å². The van der Waals surface area contributed by atoms with Gasteiger partial charge in [-0.3, -0.25) is 0 Å². The molecule has 4 rings (SSSR count). The molecule has 5 heteroatoms. The Morgan fingerprint density at radius 1 is 0.655 bits per heavy atom. The van der Waals surface area contributed by atoms with Crippen LogP contribution in [0.2, 0.25) is 5.02 Å². The van der Waals surface area contributed by atoms with E-state index >= 15 is 0 Å². The molecule has 0 atom stereocenters. The lowest BCUT2D eigenvalue weighted by Gasteiger charge is -2.13. The van der Waals surface area contributed by atoms with Crippen LogP contribution in [-0.2, 0) is 0 Å². The van der Waals surface area contributed by atoms with E-state index in [9.17, 15) is 0 Å². The van der Waals surface area contributed by atoms with Gasteiger partial charge in [0.1, 0.15) is 0 Å². The zero-order valence-corrected chi connectivity index (χ0v) is 17.7. The minimum atomic E-state index is 0.778. The molecule has 0 fully saturated rings. The second-order valence-electron chi connectivity index (χ2n) is 6.93. The van der Waals surface area contributed by atoms with Crippen LogP contribution < -0.4 is 16.0 Å². The number of nitrogens with one attached hydrogen (secondary N) is 3. The van der Waals surface area contributed by atoms with Gasteiger partial charge in [-0.2, -0.15) is 0 Å². The van der Waals surface area contributed by atoms with Crippen molar-refractivity contribution in [2.24, 2.45) is 0 Å². The van der Waals surface area contributed by atoms with E-state index in [0.717, 1.165) is 58.2 Å². The van der Waals surface area contributed by atoms with E-state index in [4.69, 9.17) is 24.2 Å². The largest absolute Gasteiger partial charge is 0.383 e. The van der Waals surface area contributed by atoms with Crippen LogP contribution in [-0.4, -0.2) is 26.2 Å². The first-order valence-corrected chi connectivity index (χ1v) is 10.6. The summed E-state index contributed by atoms with van der Waals surface area (Å²) in [4.78, 5) is 0.998. The molecule has 4 aromatic rings. The van der Waals surface area contributed by atoms with Crippen molar-refractivity contribution in [1.29, 1.82) is 0 Å². The van der Waals surface area contributed by atoms with E-state index in [-0.39, 0.29) is 0 Å². The van der Waals surface area contributed by atoms with Crippen LogP contribution in [0.15, 0.2) is 77.7 Å². The molecule has 0 heterocycles. The van der Waals surface area contributed by atoms with Crippen molar-refractivity contribution in [2.75, 3.05) is 36.8 Å². The zero-order valence-electron chi connectivity index (χ0n) is 16.1. The van der Waals surface area contributed by atoms with Gasteiger partial charge in [-0.05, 0) is 34.4 Å². The number of fused-ring (bicyclic) bond motifs is 2. The molecule has 3 nitrogen and oxygen atoms in total. The van der Waals surface area contributed by atoms with Crippen LogP contribution >= 0.6 is 24.2 Å². The highest BCUT2D eigenvalue weighted by Crippen LogP contribution is 2.30. The third-order valence-electron chi connectivity index (χ3n) is 4.99. The molecule has 0 aliphatic rings. The summed E-state index contributed by atoms with van der Waals surface area (Å²) in [5.74, 6) is 0. The molecule has 0 spiro atoms. The van der Waals surface area contributed by atoms with Gasteiger partial charge in [0.25, 0.3) is 0 Å². The molecule has 0 aliphatic carbocycles. The molecular formula is C24H24ClN3S. The average Bonchev–Trinajstić information content (AvgIpc) is 2.75. The summed E-state index contributed by atoms with van der Waals surface area (Å²) in [6.07, 6.45) is 0. The van der Waals surface area contributed by atoms with Gasteiger partial charge in [-0.15, -0.1) is 12.6 Å². The number of rotatable bonds is 8. The molecule has 0 unspecified atom stereocenters. The van der Waals surface area contributed by atoms with E-state index in [1.807, 2.05) is 24.3 Å². The Balaban J connectivity index is 1.24. The van der Waals surface area contributed by atoms with Crippen LogP contribution in [0.3, 0.4) is 0 Å². The Kier molecular flexibility index (Phi) is 6.45. The second-order valence-corrected chi connectivity index (χ2v) is 7.78. The highest BCUT2D eigenvalue weighted by atomic mass is 35.5. The lowest BCUT2D eigenvalue weighted by Crippen LogP contribution is -2.27. The molecule has 29 heavy (non-hydrogen) atoms. The molecule has 0 saturated carbocycles. The molecule has 148 valence electrons. The maximum absolute atomic E-state index is 6.38. The number of thiol groups is 1. The predicted molar refractivity (Wildman–Crippen MR) is 130 cm³/mol. The van der Waals surface area contributed by atoms with Crippen molar-refractivity contribution in [3.8, 4) is 0 Å². The molecule has 0 aromatic heterocycles. The Labute approximate surface area is 181 Å². The SMILES string of the molecule is Sc1c(NCCNCCNc2cccc3cccc(Cl)c23)ccc2ccccc12. The summed E-state index contributed by atoms with van der Waals surface area (Å²) >= 11 is 11.1. The standard InChI is InChI=1S/C24H24ClN3S/c25-20-9-3-6-18-7-4-10-21(23(18)20)27-15-13-26-14-16-28-22-12-11-17-5-1-2-8-19(17)24(22)29/h1-12,26-29H,13-16H2.